The highest BCUT2D eigenvalue weighted by molar-refractivity contribution is 5.92. The molecule has 0 radical (unpaired) electrons. The maximum Gasteiger partial charge on any atom is 0.342 e. The summed E-state index contributed by atoms with van der Waals surface area (Å²) in [6.07, 6.45) is 0.867. The first-order valence-corrected chi connectivity index (χ1v) is 9.29. The number of esters is 1. The average molecular weight is 362 g/mol. The molecule has 3 aromatic carbocycles. The Bertz CT molecular complexity index is 898. The van der Waals surface area contributed by atoms with Crippen molar-refractivity contribution in [3.8, 4) is 0 Å². The molecule has 140 valence electrons. The number of methoxy groups -OCH3 is 1. The van der Waals surface area contributed by atoms with Crippen LogP contribution in [0.4, 0.5) is 0 Å². The molecule has 3 aromatic rings. The second-order valence-electron chi connectivity index (χ2n) is 7.16. The average Bonchev–Trinajstić information content (AvgIpc) is 2.71. The minimum Gasteiger partial charge on any atom is -0.463 e. The Morgan fingerprint density at radius 2 is 1.63 bits per heavy atom. The molecule has 0 saturated carbocycles. The summed E-state index contributed by atoms with van der Waals surface area (Å²) < 4.78 is 11.3. The van der Waals surface area contributed by atoms with E-state index in [0.717, 1.165) is 22.8 Å². The monoisotopic (exact) mass is 362 g/mol. The highest BCUT2D eigenvalue weighted by Gasteiger charge is 2.38. The van der Waals surface area contributed by atoms with Crippen molar-refractivity contribution in [2.75, 3.05) is 13.7 Å². The quantitative estimate of drug-likeness (QED) is 0.547. The summed E-state index contributed by atoms with van der Waals surface area (Å²) in [6.45, 7) is 4.22. The van der Waals surface area contributed by atoms with Crippen molar-refractivity contribution in [1.82, 2.24) is 0 Å². The summed E-state index contributed by atoms with van der Waals surface area (Å²) in [7, 11) is 1.55. The molecule has 0 N–H and O–H groups in total. The highest BCUT2D eigenvalue weighted by Crippen LogP contribution is 2.32. The molecule has 0 aliphatic heterocycles. The number of ether oxygens (including phenoxy) is 2. The van der Waals surface area contributed by atoms with Gasteiger partial charge in [-0.3, -0.25) is 0 Å². The molecule has 0 saturated heterocycles. The van der Waals surface area contributed by atoms with Gasteiger partial charge in [0.05, 0.1) is 6.61 Å². The van der Waals surface area contributed by atoms with E-state index in [1.54, 1.807) is 14.0 Å². The molecule has 0 unspecified atom stereocenters. The predicted octanol–water partition coefficient (Wildman–Crippen LogP) is 5.12. The Labute approximate surface area is 160 Å². The summed E-state index contributed by atoms with van der Waals surface area (Å²) in [5, 5.41) is 2.07. The molecular formula is C24H26O3. The van der Waals surface area contributed by atoms with Crippen molar-refractivity contribution in [2.45, 2.75) is 25.9 Å². The van der Waals surface area contributed by atoms with E-state index < -0.39 is 5.60 Å². The van der Waals surface area contributed by atoms with Gasteiger partial charge in [0.25, 0.3) is 0 Å². The van der Waals surface area contributed by atoms with Gasteiger partial charge in [-0.1, -0.05) is 79.7 Å². The molecule has 0 fully saturated rings. The van der Waals surface area contributed by atoms with Crippen LogP contribution in [0.5, 0.6) is 0 Å². The Morgan fingerprint density at radius 1 is 0.963 bits per heavy atom. The highest BCUT2D eigenvalue weighted by atomic mass is 16.6. The largest absolute Gasteiger partial charge is 0.463 e. The van der Waals surface area contributed by atoms with Gasteiger partial charge in [0.1, 0.15) is 0 Å². The molecule has 0 bridgehead atoms. The van der Waals surface area contributed by atoms with Crippen LogP contribution >= 0.6 is 0 Å². The standard InChI is InChI=1S/C24H26O3/c1-18(16-19-10-5-4-6-11-19)17-27-23(25)24(2,26-3)22-15-9-13-20-12-7-8-14-21(20)22/h4-15,18H,16-17H2,1-3H3/t18-,24-/m1/s1. The smallest absolute Gasteiger partial charge is 0.342 e. The van der Waals surface area contributed by atoms with E-state index in [0.29, 0.717) is 6.61 Å². The lowest BCUT2D eigenvalue weighted by Crippen LogP contribution is -2.37. The van der Waals surface area contributed by atoms with Crippen LogP contribution in [0.25, 0.3) is 10.8 Å². The lowest BCUT2D eigenvalue weighted by Gasteiger charge is -2.28. The van der Waals surface area contributed by atoms with Crippen molar-refractivity contribution in [2.24, 2.45) is 5.92 Å². The first-order chi connectivity index (χ1) is 13.0. The van der Waals surface area contributed by atoms with Crippen LogP contribution < -0.4 is 0 Å². The summed E-state index contributed by atoms with van der Waals surface area (Å²) in [6, 6.07) is 24.1. The lowest BCUT2D eigenvalue weighted by molar-refractivity contribution is -0.169. The third-order valence-corrected chi connectivity index (χ3v) is 5.03. The van der Waals surface area contributed by atoms with E-state index in [2.05, 4.69) is 19.1 Å². The van der Waals surface area contributed by atoms with Crippen LogP contribution in [0.1, 0.15) is 25.0 Å². The zero-order valence-electron chi connectivity index (χ0n) is 16.1. The predicted molar refractivity (Wildman–Crippen MR) is 109 cm³/mol. The van der Waals surface area contributed by atoms with Crippen molar-refractivity contribution in [3.05, 3.63) is 83.9 Å². The van der Waals surface area contributed by atoms with Crippen LogP contribution in [0.2, 0.25) is 0 Å². The topological polar surface area (TPSA) is 35.5 Å². The molecule has 0 aliphatic rings. The summed E-state index contributed by atoms with van der Waals surface area (Å²) in [5.74, 6) is -0.133. The third kappa shape index (κ3) is 4.20. The number of carbonyl (C=O) groups excluding carboxylic acids is 1. The lowest BCUT2D eigenvalue weighted by atomic mass is 9.90. The van der Waals surface area contributed by atoms with Gasteiger partial charge in [0.2, 0.25) is 0 Å². The van der Waals surface area contributed by atoms with E-state index in [1.807, 2.05) is 60.7 Å². The zero-order valence-corrected chi connectivity index (χ0v) is 16.1. The van der Waals surface area contributed by atoms with E-state index in [9.17, 15) is 4.79 Å². The summed E-state index contributed by atoms with van der Waals surface area (Å²) >= 11 is 0. The Kier molecular flexibility index (Phi) is 5.92. The minimum atomic E-state index is -1.15. The van der Waals surface area contributed by atoms with Gasteiger partial charge in [0.15, 0.2) is 5.60 Å². The van der Waals surface area contributed by atoms with E-state index in [4.69, 9.17) is 9.47 Å². The second kappa shape index (κ2) is 8.36. The zero-order chi connectivity index (χ0) is 19.3. The Morgan fingerprint density at radius 3 is 2.37 bits per heavy atom. The van der Waals surface area contributed by atoms with E-state index >= 15 is 0 Å². The van der Waals surface area contributed by atoms with Gasteiger partial charge in [-0.25, -0.2) is 4.79 Å². The van der Waals surface area contributed by atoms with Gasteiger partial charge in [-0.15, -0.1) is 0 Å². The van der Waals surface area contributed by atoms with E-state index in [-0.39, 0.29) is 11.9 Å². The van der Waals surface area contributed by atoms with Gasteiger partial charge in [-0.2, -0.15) is 0 Å². The number of hydrogen-bond donors (Lipinski definition) is 0. The Balaban J connectivity index is 1.75. The van der Waals surface area contributed by atoms with Gasteiger partial charge >= 0.3 is 5.97 Å². The molecule has 3 nitrogen and oxygen atoms in total. The number of benzene rings is 3. The van der Waals surface area contributed by atoms with Crippen molar-refractivity contribution < 1.29 is 14.3 Å². The SMILES string of the molecule is CO[C@@](C)(C(=O)OC[C@H](C)Cc1ccccc1)c1cccc2ccccc12. The fourth-order valence-electron chi connectivity index (χ4n) is 3.38. The fourth-order valence-corrected chi connectivity index (χ4v) is 3.38. The van der Waals surface area contributed by atoms with Gasteiger partial charge in [-0.05, 0) is 35.6 Å². The number of carbonyl (C=O) groups is 1. The van der Waals surface area contributed by atoms with Crippen molar-refractivity contribution >= 4 is 16.7 Å². The van der Waals surface area contributed by atoms with Crippen LogP contribution in [0.3, 0.4) is 0 Å². The molecule has 27 heavy (non-hydrogen) atoms. The number of hydrogen-bond acceptors (Lipinski definition) is 3. The first-order valence-electron chi connectivity index (χ1n) is 9.29. The molecule has 0 aliphatic carbocycles. The maximum atomic E-state index is 12.9. The first kappa shape index (κ1) is 19.1. The molecular weight excluding hydrogens is 336 g/mol. The van der Waals surface area contributed by atoms with Crippen molar-refractivity contribution in [1.29, 1.82) is 0 Å². The minimum absolute atomic E-state index is 0.227. The van der Waals surface area contributed by atoms with Crippen LogP contribution in [0.15, 0.2) is 72.8 Å². The molecule has 2 atom stereocenters. The molecule has 3 heteroatoms. The van der Waals surface area contributed by atoms with Crippen LogP contribution in [-0.2, 0) is 26.3 Å². The molecule has 0 aromatic heterocycles. The van der Waals surface area contributed by atoms with Gasteiger partial charge in [0, 0.05) is 12.7 Å². The molecule has 0 heterocycles. The third-order valence-electron chi connectivity index (χ3n) is 5.03. The molecule has 3 rings (SSSR count). The number of fused-ring (bicyclic) bond motifs is 1. The second-order valence-corrected chi connectivity index (χ2v) is 7.16. The molecule has 0 spiro atoms. The van der Waals surface area contributed by atoms with Gasteiger partial charge < -0.3 is 9.47 Å². The van der Waals surface area contributed by atoms with E-state index in [1.165, 1.54) is 5.56 Å². The van der Waals surface area contributed by atoms with Crippen LogP contribution in [-0.4, -0.2) is 19.7 Å². The Hall–Kier alpha value is -2.65. The molecule has 0 amide bonds. The summed E-state index contributed by atoms with van der Waals surface area (Å²) in [4.78, 5) is 12.9. The number of rotatable bonds is 7. The fraction of sp³-hybridized carbons (Fsp3) is 0.292. The summed E-state index contributed by atoms with van der Waals surface area (Å²) in [5.41, 5.74) is 0.918. The maximum absolute atomic E-state index is 12.9. The van der Waals surface area contributed by atoms with Crippen molar-refractivity contribution in [3.63, 3.8) is 0 Å². The van der Waals surface area contributed by atoms with Crippen LogP contribution in [0, 0.1) is 5.92 Å². The normalized spacial score (nSPS) is 14.5.